The Labute approximate surface area is 159 Å². The molecule has 136 valence electrons. The van der Waals surface area contributed by atoms with Gasteiger partial charge in [0.15, 0.2) is 0 Å². The standard InChI is InChI=1S/C19H24Cl2N2O2/c20-16-5-4-6-17(21)15(16)13-18(24)22-11-7-14(8-12-22)19(25)23-9-2-1-3-10-23/h4-6,14H,1-3,7-13H2. The Morgan fingerprint density at radius 2 is 1.52 bits per heavy atom. The molecule has 2 heterocycles. The summed E-state index contributed by atoms with van der Waals surface area (Å²) in [6.45, 7) is 3.04. The average Bonchev–Trinajstić information content (AvgIpc) is 2.65. The van der Waals surface area contributed by atoms with Crippen molar-refractivity contribution in [3.05, 3.63) is 33.8 Å². The van der Waals surface area contributed by atoms with Crippen LogP contribution in [0, 0.1) is 5.92 Å². The van der Waals surface area contributed by atoms with Gasteiger partial charge in [-0.2, -0.15) is 0 Å². The van der Waals surface area contributed by atoms with Crippen LogP contribution in [-0.4, -0.2) is 47.8 Å². The van der Waals surface area contributed by atoms with E-state index in [0.29, 0.717) is 28.7 Å². The number of halogens is 2. The Kier molecular flexibility index (Phi) is 6.24. The molecule has 0 radical (unpaired) electrons. The second-order valence-electron chi connectivity index (χ2n) is 6.92. The minimum absolute atomic E-state index is 0.0267. The van der Waals surface area contributed by atoms with E-state index in [0.717, 1.165) is 38.8 Å². The molecule has 0 saturated carbocycles. The van der Waals surface area contributed by atoms with Gasteiger partial charge in [-0.3, -0.25) is 9.59 Å². The summed E-state index contributed by atoms with van der Waals surface area (Å²) in [6, 6.07) is 5.27. The Morgan fingerprint density at radius 3 is 2.12 bits per heavy atom. The summed E-state index contributed by atoms with van der Waals surface area (Å²) < 4.78 is 0. The van der Waals surface area contributed by atoms with Crippen molar-refractivity contribution < 1.29 is 9.59 Å². The lowest BCUT2D eigenvalue weighted by atomic mass is 9.94. The van der Waals surface area contributed by atoms with Gasteiger partial charge in [0.1, 0.15) is 0 Å². The number of hydrogen-bond donors (Lipinski definition) is 0. The van der Waals surface area contributed by atoms with Crippen molar-refractivity contribution in [1.29, 1.82) is 0 Å². The second-order valence-corrected chi connectivity index (χ2v) is 7.73. The zero-order valence-corrected chi connectivity index (χ0v) is 15.9. The van der Waals surface area contributed by atoms with Crippen molar-refractivity contribution in [2.24, 2.45) is 5.92 Å². The van der Waals surface area contributed by atoms with Gasteiger partial charge in [0.25, 0.3) is 0 Å². The molecule has 0 atom stereocenters. The van der Waals surface area contributed by atoms with Crippen LogP contribution in [0.15, 0.2) is 18.2 Å². The zero-order chi connectivity index (χ0) is 17.8. The number of piperidine rings is 2. The van der Waals surface area contributed by atoms with Gasteiger partial charge in [-0.1, -0.05) is 29.3 Å². The van der Waals surface area contributed by atoms with E-state index in [-0.39, 0.29) is 24.2 Å². The normalized spacial score (nSPS) is 19.1. The van der Waals surface area contributed by atoms with Crippen LogP contribution in [0.1, 0.15) is 37.7 Å². The lowest BCUT2D eigenvalue weighted by Gasteiger charge is -2.35. The van der Waals surface area contributed by atoms with E-state index in [1.165, 1.54) is 6.42 Å². The van der Waals surface area contributed by atoms with E-state index >= 15 is 0 Å². The molecule has 25 heavy (non-hydrogen) atoms. The summed E-state index contributed by atoms with van der Waals surface area (Å²) in [7, 11) is 0. The fourth-order valence-electron chi connectivity index (χ4n) is 3.71. The maximum absolute atomic E-state index is 12.6. The average molecular weight is 383 g/mol. The number of carbonyl (C=O) groups excluding carboxylic acids is 2. The predicted octanol–water partition coefficient (Wildman–Crippen LogP) is 3.79. The molecular formula is C19H24Cl2N2O2. The minimum Gasteiger partial charge on any atom is -0.342 e. The highest BCUT2D eigenvalue weighted by Gasteiger charge is 2.30. The van der Waals surface area contributed by atoms with Gasteiger partial charge in [-0.05, 0) is 49.8 Å². The predicted molar refractivity (Wildman–Crippen MR) is 99.9 cm³/mol. The summed E-state index contributed by atoms with van der Waals surface area (Å²) >= 11 is 12.3. The number of hydrogen-bond acceptors (Lipinski definition) is 2. The summed E-state index contributed by atoms with van der Waals surface area (Å²) in [4.78, 5) is 29.0. The maximum Gasteiger partial charge on any atom is 0.227 e. The number of nitrogens with zero attached hydrogens (tertiary/aromatic N) is 2. The first-order chi connectivity index (χ1) is 12.1. The van der Waals surface area contributed by atoms with Crippen LogP contribution in [0.25, 0.3) is 0 Å². The van der Waals surface area contributed by atoms with Crippen molar-refractivity contribution in [3.63, 3.8) is 0 Å². The molecule has 4 nitrogen and oxygen atoms in total. The number of carbonyl (C=O) groups is 2. The molecule has 6 heteroatoms. The van der Waals surface area contributed by atoms with Crippen LogP contribution < -0.4 is 0 Å². The van der Waals surface area contributed by atoms with Gasteiger partial charge < -0.3 is 9.80 Å². The topological polar surface area (TPSA) is 40.6 Å². The number of amides is 2. The largest absolute Gasteiger partial charge is 0.342 e. The summed E-state index contributed by atoms with van der Waals surface area (Å²) in [5, 5.41) is 1.05. The molecule has 0 aromatic heterocycles. The Hall–Kier alpha value is -1.26. The number of benzene rings is 1. The molecule has 0 bridgehead atoms. The van der Waals surface area contributed by atoms with Crippen LogP contribution in [0.2, 0.25) is 10.0 Å². The Morgan fingerprint density at radius 1 is 0.920 bits per heavy atom. The summed E-state index contributed by atoms with van der Waals surface area (Å²) in [6.07, 6.45) is 5.16. The lowest BCUT2D eigenvalue weighted by Crippen LogP contribution is -2.46. The molecule has 0 unspecified atom stereocenters. The SMILES string of the molecule is O=C(Cc1c(Cl)cccc1Cl)N1CCC(C(=O)N2CCCCC2)CC1. The first-order valence-corrected chi connectivity index (χ1v) is 9.81. The first kappa shape index (κ1) is 18.5. The third kappa shape index (κ3) is 4.48. The van der Waals surface area contributed by atoms with Crippen molar-refractivity contribution in [2.75, 3.05) is 26.2 Å². The molecule has 2 amide bonds. The molecule has 2 saturated heterocycles. The molecule has 2 fully saturated rings. The van der Waals surface area contributed by atoms with Crippen molar-refractivity contribution in [2.45, 2.75) is 38.5 Å². The highest BCUT2D eigenvalue weighted by Crippen LogP contribution is 2.27. The van der Waals surface area contributed by atoms with E-state index < -0.39 is 0 Å². The van der Waals surface area contributed by atoms with E-state index in [1.54, 1.807) is 18.2 Å². The molecule has 2 aliphatic heterocycles. The third-order valence-corrected chi connectivity index (χ3v) is 5.96. The van der Waals surface area contributed by atoms with Crippen molar-refractivity contribution in [3.8, 4) is 0 Å². The fourth-order valence-corrected chi connectivity index (χ4v) is 4.24. The molecule has 0 spiro atoms. The van der Waals surface area contributed by atoms with Gasteiger partial charge in [-0.25, -0.2) is 0 Å². The molecule has 0 N–H and O–H groups in total. The molecule has 1 aromatic rings. The molecule has 0 aliphatic carbocycles. The van der Waals surface area contributed by atoms with E-state index in [9.17, 15) is 9.59 Å². The van der Waals surface area contributed by atoms with Gasteiger partial charge in [-0.15, -0.1) is 0 Å². The highest BCUT2D eigenvalue weighted by molar-refractivity contribution is 6.36. The third-order valence-electron chi connectivity index (χ3n) is 5.25. The van der Waals surface area contributed by atoms with Crippen LogP contribution in [-0.2, 0) is 16.0 Å². The van der Waals surface area contributed by atoms with Gasteiger partial charge in [0.05, 0.1) is 6.42 Å². The van der Waals surface area contributed by atoms with E-state index in [4.69, 9.17) is 23.2 Å². The Balaban J connectivity index is 1.53. The quantitative estimate of drug-likeness (QED) is 0.797. The number of likely N-dealkylation sites (tertiary alicyclic amines) is 2. The molecule has 2 aliphatic rings. The fraction of sp³-hybridized carbons (Fsp3) is 0.579. The molecular weight excluding hydrogens is 359 g/mol. The molecule has 3 rings (SSSR count). The first-order valence-electron chi connectivity index (χ1n) is 9.05. The van der Waals surface area contributed by atoms with Gasteiger partial charge in [0.2, 0.25) is 11.8 Å². The lowest BCUT2D eigenvalue weighted by molar-refractivity contribution is -0.141. The van der Waals surface area contributed by atoms with Gasteiger partial charge >= 0.3 is 0 Å². The maximum atomic E-state index is 12.6. The second kappa shape index (κ2) is 8.41. The van der Waals surface area contributed by atoms with E-state index in [1.807, 2.05) is 9.80 Å². The summed E-state index contributed by atoms with van der Waals surface area (Å²) in [5.41, 5.74) is 0.683. The summed E-state index contributed by atoms with van der Waals surface area (Å²) in [5.74, 6) is 0.367. The van der Waals surface area contributed by atoms with Crippen LogP contribution >= 0.6 is 23.2 Å². The smallest absolute Gasteiger partial charge is 0.227 e. The van der Waals surface area contributed by atoms with Crippen LogP contribution in [0.3, 0.4) is 0 Å². The highest BCUT2D eigenvalue weighted by atomic mass is 35.5. The van der Waals surface area contributed by atoms with Crippen molar-refractivity contribution in [1.82, 2.24) is 9.80 Å². The zero-order valence-electron chi connectivity index (χ0n) is 14.3. The van der Waals surface area contributed by atoms with Gasteiger partial charge in [0, 0.05) is 42.1 Å². The number of rotatable bonds is 3. The van der Waals surface area contributed by atoms with Crippen LogP contribution in [0.4, 0.5) is 0 Å². The van der Waals surface area contributed by atoms with Crippen LogP contribution in [0.5, 0.6) is 0 Å². The Bertz CT molecular complexity index is 616. The minimum atomic E-state index is 0.0267. The molecule has 1 aromatic carbocycles. The monoisotopic (exact) mass is 382 g/mol. The van der Waals surface area contributed by atoms with E-state index in [2.05, 4.69) is 0 Å². The van der Waals surface area contributed by atoms with Crippen molar-refractivity contribution >= 4 is 35.0 Å².